The van der Waals surface area contributed by atoms with Crippen LogP contribution in [0.3, 0.4) is 0 Å². The quantitative estimate of drug-likeness (QED) is 0.594. The largest absolute Gasteiger partial charge is 0.493 e. The minimum absolute atomic E-state index is 0.125. The molecule has 0 fully saturated rings. The number of hydrazone groups is 1. The highest BCUT2D eigenvalue weighted by atomic mass is 79.9. The lowest BCUT2D eigenvalue weighted by molar-refractivity contribution is -0.130. The summed E-state index contributed by atoms with van der Waals surface area (Å²) in [7, 11) is 3.10. The number of carbonyl (C=O) groups is 1. The summed E-state index contributed by atoms with van der Waals surface area (Å²) in [4.78, 5) is 12.2. The first-order valence-electron chi connectivity index (χ1n) is 7.75. The van der Waals surface area contributed by atoms with Crippen molar-refractivity contribution >= 4 is 28.1 Å². The average molecular weight is 421 g/mol. The molecular weight excluding hydrogens is 404 g/mol. The molecule has 0 radical (unpaired) electrons. The summed E-state index contributed by atoms with van der Waals surface area (Å²) in [5.74, 6) is 1.90. The van der Waals surface area contributed by atoms with Crippen LogP contribution in [0.1, 0.15) is 5.56 Å². The number of nitrogens with zero attached hydrogens (tertiary/aromatic N) is 1. The third-order valence-corrected chi connectivity index (χ3v) is 4.23. The van der Waals surface area contributed by atoms with Gasteiger partial charge in [-0.2, -0.15) is 5.10 Å². The zero-order chi connectivity index (χ0) is 18.5. The van der Waals surface area contributed by atoms with E-state index in [1.54, 1.807) is 38.5 Å². The number of nitrogens with one attached hydrogen (secondary N) is 1. The van der Waals surface area contributed by atoms with E-state index < -0.39 is 12.0 Å². The van der Waals surface area contributed by atoms with Gasteiger partial charge in [-0.1, -0.05) is 12.1 Å². The van der Waals surface area contributed by atoms with Crippen LogP contribution in [-0.4, -0.2) is 39.1 Å². The maximum absolute atomic E-state index is 12.2. The van der Waals surface area contributed by atoms with E-state index >= 15 is 0 Å². The Morgan fingerprint density at radius 2 is 2.04 bits per heavy atom. The molecule has 2 aromatic rings. The Morgan fingerprint density at radius 3 is 2.77 bits per heavy atom. The van der Waals surface area contributed by atoms with E-state index in [9.17, 15) is 4.79 Å². The first kappa shape index (κ1) is 18.1. The highest BCUT2D eigenvalue weighted by molar-refractivity contribution is 9.10. The van der Waals surface area contributed by atoms with Gasteiger partial charge >= 0.3 is 0 Å². The van der Waals surface area contributed by atoms with E-state index in [-0.39, 0.29) is 6.61 Å². The maximum atomic E-state index is 12.2. The zero-order valence-electron chi connectivity index (χ0n) is 14.2. The van der Waals surface area contributed by atoms with Crippen LogP contribution in [-0.2, 0) is 4.79 Å². The third-order valence-electron chi connectivity index (χ3n) is 3.65. The minimum Gasteiger partial charge on any atom is -0.493 e. The van der Waals surface area contributed by atoms with Crippen LogP contribution in [0.5, 0.6) is 23.0 Å². The normalized spacial score (nSPS) is 15.6. The highest BCUT2D eigenvalue weighted by Crippen LogP contribution is 2.35. The smallest absolute Gasteiger partial charge is 0.284 e. The molecule has 136 valence electrons. The molecule has 0 saturated heterocycles. The van der Waals surface area contributed by atoms with Crippen LogP contribution >= 0.6 is 15.9 Å². The van der Waals surface area contributed by atoms with Crippen molar-refractivity contribution in [1.29, 1.82) is 0 Å². The average Bonchev–Trinajstić information content (AvgIpc) is 2.67. The summed E-state index contributed by atoms with van der Waals surface area (Å²) in [6.45, 7) is 0.125. The monoisotopic (exact) mass is 420 g/mol. The molecule has 1 aliphatic rings. The van der Waals surface area contributed by atoms with Gasteiger partial charge in [-0.15, -0.1) is 0 Å². The van der Waals surface area contributed by atoms with E-state index in [1.165, 1.54) is 6.21 Å². The number of carbonyl (C=O) groups excluding carboxylic acids is 1. The molecular formula is C18H17BrN2O5. The van der Waals surface area contributed by atoms with Crippen molar-refractivity contribution < 1.29 is 23.7 Å². The molecule has 0 spiro atoms. The number of benzene rings is 2. The highest BCUT2D eigenvalue weighted by Gasteiger charge is 2.27. The van der Waals surface area contributed by atoms with Crippen molar-refractivity contribution in [3.05, 3.63) is 46.4 Å². The van der Waals surface area contributed by atoms with Crippen molar-refractivity contribution in [3.63, 3.8) is 0 Å². The molecule has 1 unspecified atom stereocenters. The molecule has 0 aliphatic carbocycles. The van der Waals surface area contributed by atoms with Gasteiger partial charge in [0, 0.05) is 0 Å². The Labute approximate surface area is 159 Å². The fourth-order valence-electron chi connectivity index (χ4n) is 2.40. The van der Waals surface area contributed by atoms with Crippen molar-refractivity contribution in [3.8, 4) is 23.0 Å². The summed E-state index contributed by atoms with van der Waals surface area (Å²) >= 11 is 3.41. The molecule has 1 aliphatic heterocycles. The van der Waals surface area contributed by atoms with Gasteiger partial charge in [-0.05, 0) is 45.8 Å². The summed E-state index contributed by atoms with van der Waals surface area (Å²) < 4.78 is 22.4. The first-order valence-corrected chi connectivity index (χ1v) is 8.54. The Bertz CT molecular complexity index is 840. The molecule has 1 atom stereocenters. The molecule has 26 heavy (non-hydrogen) atoms. The Kier molecular flexibility index (Phi) is 5.62. The van der Waals surface area contributed by atoms with Crippen LogP contribution < -0.4 is 24.4 Å². The van der Waals surface area contributed by atoms with Crippen molar-refractivity contribution in [1.82, 2.24) is 5.43 Å². The summed E-state index contributed by atoms with van der Waals surface area (Å²) in [5, 5.41) is 3.97. The second-order valence-electron chi connectivity index (χ2n) is 5.34. The van der Waals surface area contributed by atoms with Crippen molar-refractivity contribution in [2.75, 3.05) is 20.8 Å². The topological polar surface area (TPSA) is 78.4 Å². The maximum Gasteiger partial charge on any atom is 0.284 e. The lowest BCUT2D eigenvalue weighted by Gasteiger charge is -2.24. The number of hydrogen-bond acceptors (Lipinski definition) is 6. The van der Waals surface area contributed by atoms with Gasteiger partial charge in [-0.3, -0.25) is 4.79 Å². The first-order chi connectivity index (χ1) is 12.6. The number of methoxy groups -OCH3 is 2. The molecule has 0 saturated carbocycles. The number of amides is 1. The Balaban J connectivity index is 1.64. The van der Waals surface area contributed by atoms with Crippen molar-refractivity contribution in [2.45, 2.75) is 6.10 Å². The van der Waals surface area contributed by atoms with Crippen LogP contribution in [0.2, 0.25) is 0 Å². The van der Waals surface area contributed by atoms with E-state index in [1.807, 2.05) is 12.1 Å². The summed E-state index contributed by atoms with van der Waals surface area (Å²) in [6.07, 6.45) is 0.738. The SMILES string of the molecule is COc1cc(/C=N/NC(=O)C2COc3ccccc3O2)cc(Br)c1OC. The predicted octanol–water partition coefficient (Wildman–Crippen LogP) is 2.76. The van der Waals surface area contributed by atoms with E-state index in [2.05, 4.69) is 26.5 Å². The number of halogens is 1. The van der Waals surface area contributed by atoms with Crippen LogP contribution in [0.25, 0.3) is 0 Å². The van der Waals surface area contributed by atoms with E-state index in [0.29, 0.717) is 27.5 Å². The second-order valence-corrected chi connectivity index (χ2v) is 6.19. The Hall–Kier alpha value is -2.74. The fourth-order valence-corrected chi connectivity index (χ4v) is 3.03. The fraction of sp³-hybridized carbons (Fsp3) is 0.222. The van der Waals surface area contributed by atoms with Crippen molar-refractivity contribution in [2.24, 2.45) is 5.10 Å². The number of fused-ring (bicyclic) bond motifs is 1. The van der Waals surface area contributed by atoms with Gasteiger partial charge in [0.15, 0.2) is 23.0 Å². The second kappa shape index (κ2) is 8.09. The summed E-state index contributed by atoms with van der Waals surface area (Å²) in [6, 6.07) is 10.7. The van der Waals surface area contributed by atoms with Crippen LogP contribution in [0.4, 0.5) is 0 Å². The van der Waals surface area contributed by atoms with Crippen LogP contribution in [0.15, 0.2) is 46.0 Å². The molecule has 0 bridgehead atoms. The molecule has 7 nitrogen and oxygen atoms in total. The lowest BCUT2D eigenvalue weighted by atomic mass is 10.2. The standard InChI is InChI=1S/C18H17BrN2O5/c1-23-15-8-11(7-12(19)17(15)24-2)9-20-21-18(22)16-10-25-13-5-3-4-6-14(13)26-16/h3-9,16H,10H2,1-2H3,(H,21,22)/b20-9+. The number of rotatable bonds is 5. The Morgan fingerprint density at radius 1 is 1.27 bits per heavy atom. The van der Waals surface area contributed by atoms with E-state index in [4.69, 9.17) is 18.9 Å². The number of ether oxygens (including phenoxy) is 4. The summed E-state index contributed by atoms with van der Waals surface area (Å²) in [5.41, 5.74) is 3.18. The van der Waals surface area contributed by atoms with Gasteiger partial charge in [0.25, 0.3) is 5.91 Å². The molecule has 8 heteroatoms. The third kappa shape index (κ3) is 3.91. The lowest BCUT2D eigenvalue weighted by Crippen LogP contribution is -2.42. The molecule has 1 heterocycles. The molecule has 3 rings (SSSR count). The van der Waals surface area contributed by atoms with Crippen LogP contribution in [0, 0.1) is 0 Å². The predicted molar refractivity (Wildman–Crippen MR) is 99.3 cm³/mol. The van der Waals surface area contributed by atoms with Gasteiger partial charge < -0.3 is 18.9 Å². The molecule has 0 aromatic heterocycles. The van der Waals surface area contributed by atoms with Gasteiger partial charge in [0.2, 0.25) is 6.10 Å². The van der Waals surface area contributed by atoms with E-state index in [0.717, 1.165) is 5.56 Å². The molecule has 2 aromatic carbocycles. The molecule has 1 amide bonds. The number of para-hydroxylation sites is 2. The van der Waals surface area contributed by atoms with Gasteiger partial charge in [0.1, 0.15) is 6.61 Å². The number of hydrogen-bond donors (Lipinski definition) is 1. The van der Waals surface area contributed by atoms with Gasteiger partial charge in [-0.25, -0.2) is 5.43 Å². The van der Waals surface area contributed by atoms with Gasteiger partial charge in [0.05, 0.1) is 24.9 Å². The molecule has 1 N–H and O–H groups in total. The zero-order valence-corrected chi connectivity index (χ0v) is 15.8. The minimum atomic E-state index is -0.765.